The van der Waals surface area contributed by atoms with Crippen molar-refractivity contribution in [2.24, 2.45) is 0 Å². The van der Waals surface area contributed by atoms with Crippen LogP contribution in [0.1, 0.15) is 12.5 Å². The Kier molecular flexibility index (Phi) is 3.87. The van der Waals surface area contributed by atoms with Gasteiger partial charge in [-0.1, -0.05) is 15.9 Å². The second-order valence-electron chi connectivity index (χ2n) is 4.41. The minimum atomic E-state index is -4.33. The summed E-state index contributed by atoms with van der Waals surface area (Å²) in [4.78, 5) is 1.81. The van der Waals surface area contributed by atoms with Gasteiger partial charge in [-0.05, 0) is 25.1 Å². The van der Waals surface area contributed by atoms with Crippen LogP contribution in [0.15, 0.2) is 22.7 Å². The van der Waals surface area contributed by atoms with E-state index in [0.29, 0.717) is 24.1 Å². The summed E-state index contributed by atoms with van der Waals surface area (Å²) in [5.74, 6) is 0. The molecule has 1 aliphatic heterocycles. The normalized spacial score (nSPS) is 21.2. The summed E-state index contributed by atoms with van der Waals surface area (Å²) in [5.41, 5.74) is -0.315. The van der Waals surface area contributed by atoms with Gasteiger partial charge in [0.05, 0.1) is 5.56 Å². The molecule has 1 aromatic carbocycles. The first kappa shape index (κ1) is 13.7. The number of nitrogens with one attached hydrogen (secondary N) is 1. The number of hydrogen-bond acceptors (Lipinski definition) is 2. The fraction of sp³-hybridized carbons (Fsp3) is 0.500. The van der Waals surface area contributed by atoms with E-state index in [1.807, 2.05) is 11.8 Å². The first-order valence-corrected chi connectivity index (χ1v) is 6.53. The van der Waals surface area contributed by atoms with E-state index in [2.05, 4.69) is 21.2 Å². The number of nitrogens with zero attached hydrogens (tertiary/aromatic N) is 1. The lowest BCUT2D eigenvalue weighted by atomic mass is 10.1. The van der Waals surface area contributed by atoms with Crippen molar-refractivity contribution in [1.29, 1.82) is 0 Å². The Balaban J connectivity index is 2.43. The molecule has 0 aromatic heterocycles. The van der Waals surface area contributed by atoms with Crippen molar-refractivity contribution in [1.82, 2.24) is 5.32 Å². The SMILES string of the molecule is CC1CNCCN1c1ccc(Br)cc1C(F)(F)F. The highest BCUT2D eigenvalue weighted by Crippen LogP contribution is 2.39. The van der Waals surface area contributed by atoms with Crippen molar-refractivity contribution in [3.63, 3.8) is 0 Å². The van der Waals surface area contributed by atoms with E-state index in [9.17, 15) is 13.2 Å². The average Bonchev–Trinajstić information content (AvgIpc) is 2.29. The van der Waals surface area contributed by atoms with Gasteiger partial charge in [0, 0.05) is 35.8 Å². The summed E-state index contributed by atoms with van der Waals surface area (Å²) in [6, 6.07) is 4.39. The Bertz CT molecular complexity index is 434. The Morgan fingerprint density at radius 3 is 2.72 bits per heavy atom. The second kappa shape index (κ2) is 5.09. The first-order valence-electron chi connectivity index (χ1n) is 5.73. The molecular formula is C12H14BrF3N2. The highest BCUT2D eigenvalue weighted by atomic mass is 79.9. The maximum absolute atomic E-state index is 13.0. The van der Waals surface area contributed by atoms with Gasteiger partial charge in [-0.15, -0.1) is 0 Å². The predicted octanol–water partition coefficient (Wildman–Crippen LogP) is 3.27. The Morgan fingerprint density at radius 1 is 1.39 bits per heavy atom. The van der Waals surface area contributed by atoms with Crippen molar-refractivity contribution < 1.29 is 13.2 Å². The van der Waals surface area contributed by atoms with Gasteiger partial charge >= 0.3 is 6.18 Å². The van der Waals surface area contributed by atoms with Crippen LogP contribution in [0.25, 0.3) is 0 Å². The zero-order valence-electron chi connectivity index (χ0n) is 9.89. The van der Waals surface area contributed by atoms with Gasteiger partial charge in [-0.2, -0.15) is 13.2 Å². The Labute approximate surface area is 112 Å². The van der Waals surface area contributed by atoms with Crippen molar-refractivity contribution in [2.75, 3.05) is 24.5 Å². The maximum Gasteiger partial charge on any atom is 0.418 e. The van der Waals surface area contributed by atoms with Crippen LogP contribution in [-0.4, -0.2) is 25.7 Å². The molecule has 0 radical (unpaired) electrons. The zero-order valence-corrected chi connectivity index (χ0v) is 11.5. The molecule has 18 heavy (non-hydrogen) atoms. The van der Waals surface area contributed by atoms with E-state index >= 15 is 0 Å². The maximum atomic E-state index is 13.0. The molecule has 100 valence electrons. The van der Waals surface area contributed by atoms with E-state index in [1.54, 1.807) is 6.07 Å². The number of halogens is 4. The third-order valence-corrected chi connectivity index (χ3v) is 3.57. The third-order valence-electron chi connectivity index (χ3n) is 3.07. The fourth-order valence-electron chi connectivity index (χ4n) is 2.18. The summed E-state index contributed by atoms with van der Waals surface area (Å²) >= 11 is 3.10. The van der Waals surface area contributed by atoms with Crippen molar-refractivity contribution in [3.05, 3.63) is 28.2 Å². The molecule has 2 rings (SSSR count). The molecule has 1 fully saturated rings. The molecule has 1 unspecified atom stereocenters. The van der Waals surface area contributed by atoms with E-state index in [-0.39, 0.29) is 11.7 Å². The summed E-state index contributed by atoms with van der Waals surface area (Å²) in [6.07, 6.45) is -4.33. The third kappa shape index (κ3) is 2.80. The van der Waals surface area contributed by atoms with Gasteiger partial charge in [-0.3, -0.25) is 0 Å². The molecular weight excluding hydrogens is 309 g/mol. The topological polar surface area (TPSA) is 15.3 Å². The number of piperazine rings is 1. The van der Waals surface area contributed by atoms with Crippen molar-refractivity contribution >= 4 is 21.6 Å². The summed E-state index contributed by atoms with van der Waals surface area (Å²) in [5, 5.41) is 3.17. The van der Waals surface area contributed by atoms with Gasteiger partial charge in [0.1, 0.15) is 0 Å². The van der Waals surface area contributed by atoms with Crippen LogP contribution in [0.5, 0.6) is 0 Å². The molecule has 0 bridgehead atoms. The predicted molar refractivity (Wildman–Crippen MR) is 68.8 cm³/mol. The number of rotatable bonds is 1. The lowest BCUT2D eigenvalue weighted by Gasteiger charge is -2.37. The second-order valence-corrected chi connectivity index (χ2v) is 5.32. The fourth-order valence-corrected chi connectivity index (χ4v) is 2.55. The number of anilines is 1. The molecule has 1 atom stereocenters. The zero-order chi connectivity index (χ0) is 13.3. The Morgan fingerprint density at radius 2 is 2.11 bits per heavy atom. The van der Waals surface area contributed by atoms with Crippen LogP contribution in [-0.2, 0) is 6.18 Å². The molecule has 6 heteroatoms. The molecule has 1 aromatic rings. The van der Waals surface area contributed by atoms with Gasteiger partial charge in [0.2, 0.25) is 0 Å². The Hall–Kier alpha value is -0.750. The smallest absolute Gasteiger partial charge is 0.366 e. The first-order chi connectivity index (χ1) is 8.39. The molecule has 1 N–H and O–H groups in total. The van der Waals surface area contributed by atoms with E-state index in [4.69, 9.17) is 0 Å². The number of alkyl halides is 3. The van der Waals surface area contributed by atoms with Crippen LogP contribution in [0.4, 0.5) is 18.9 Å². The van der Waals surface area contributed by atoms with Gasteiger partial charge < -0.3 is 10.2 Å². The molecule has 0 aliphatic carbocycles. The summed E-state index contributed by atoms with van der Waals surface area (Å²) in [6.45, 7) is 3.92. The largest absolute Gasteiger partial charge is 0.418 e. The molecule has 1 heterocycles. The quantitative estimate of drug-likeness (QED) is 0.853. The highest BCUT2D eigenvalue weighted by molar-refractivity contribution is 9.10. The van der Waals surface area contributed by atoms with Crippen LogP contribution < -0.4 is 10.2 Å². The monoisotopic (exact) mass is 322 g/mol. The molecule has 0 spiro atoms. The van der Waals surface area contributed by atoms with Crippen LogP contribution >= 0.6 is 15.9 Å². The van der Waals surface area contributed by atoms with E-state index in [0.717, 1.165) is 6.07 Å². The van der Waals surface area contributed by atoms with Gasteiger partial charge in [0.15, 0.2) is 0 Å². The van der Waals surface area contributed by atoms with Gasteiger partial charge in [-0.25, -0.2) is 0 Å². The number of hydrogen-bond donors (Lipinski definition) is 1. The summed E-state index contributed by atoms with van der Waals surface area (Å²) in [7, 11) is 0. The molecule has 1 saturated heterocycles. The van der Waals surface area contributed by atoms with Crippen LogP contribution in [0.3, 0.4) is 0 Å². The lowest BCUT2D eigenvalue weighted by Crippen LogP contribution is -2.50. The summed E-state index contributed by atoms with van der Waals surface area (Å²) < 4.78 is 39.6. The average molecular weight is 323 g/mol. The lowest BCUT2D eigenvalue weighted by molar-refractivity contribution is -0.137. The molecule has 1 aliphatic rings. The van der Waals surface area contributed by atoms with Crippen LogP contribution in [0, 0.1) is 0 Å². The molecule has 0 amide bonds. The van der Waals surface area contributed by atoms with Crippen molar-refractivity contribution in [3.8, 4) is 0 Å². The minimum Gasteiger partial charge on any atom is -0.366 e. The molecule has 0 saturated carbocycles. The minimum absolute atomic E-state index is 0.0565. The standard InChI is InChI=1S/C12H14BrF3N2/c1-8-7-17-4-5-18(8)11-3-2-9(13)6-10(11)12(14,15)16/h2-3,6,8,17H,4-5,7H2,1H3. The molecule has 2 nitrogen and oxygen atoms in total. The van der Waals surface area contributed by atoms with E-state index < -0.39 is 11.7 Å². The van der Waals surface area contributed by atoms with Crippen LogP contribution in [0.2, 0.25) is 0 Å². The van der Waals surface area contributed by atoms with Crippen molar-refractivity contribution in [2.45, 2.75) is 19.1 Å². The highest BCUT2D eigenvalue weighted by Gasteiger charge is 2.36. The number of benzene rings is 1. The van der Waals surface area contributed by atoms with Gasteiger partial charge in [0.25, 0.3) is 0 Å². The van der Waals surface area contributed by atoms with E-state index in [1.165, 1.54) is 6.07 Å².